The zero-order chi connectivity index (χ0) is 15.8. The maximum absolute atomic E-state index is 11.6. The molecule has 1 aromatic heterocycles. The Morgan fingerprint density at radius 3 is 2.67 bits per heavy atom. The van der Waals surface area contributed by atoms with Crippen molar-refractivity contribution in [2.45, 2.75) is 20.3 Å². The molecule has 21 heavy (non-hydrogen) atoms. The number of likely N-dealkylation sites (N-methyl/N-ethyl adjacent to an activating group) is 2. The number of guanidine groups is 1. The fourth-order valence-electron chi connectivity index (χ4n) is 1.64. The van der Waals surface area contributed by atoms with E-state index in [4.69, 9.17) is 0 Å². The highest BCUT2D eigenvalue weighted by molar-refractivity contribution is 7.11. The Bertz CT molecular complexity index is 483. The number of hydrogen-bond donors (Lipinski definition) is 1. The van der Waals surface area contributed by atoms with E-state index in [0.717, 1.165) is 30.5 Å². The molecule has 0 aliphatic carbocycles. The molecule has 0 aliphatic rings. The van der Waals surface area contributed by atoms with E-state index in [-0.39, 0.29) is 12.5 Å². The van der Waals surface area contributed by atoms with E-state index in [1.807, 2.05) is 25.1 Å². The summed E-state index contributed by atoms with van der Waals surface area (Å²) in [5.41, 5.74) is 0. The normalized spacial score (nSPS) is 11.4. The number of thiazole rings is 1. The molecule has 7 heteroatoms. The summed E-state index contributed by atoms with van der Waals surface area (Å²) < 4.78 is 0. The van der Waals surface area contributed by atoms with Crippen LogP contribution < -0.4 is 5.32 Å². The monoisotopic (exact) mass is 311 g/mol. The lowest BCUT2D eigenvalue weighted by atomic mass is 10.4. The summed E-state index contributed by atoms with van der Waals surface area (Å²) in [7, 11) is 5.45. The van der Waals surface area contributed by atoms with Crippen LogP contribution in [0.4, 0.5) is 0 Å². The molecule has 1 rings (SSSR count). The smallest absolute Gasteiger partial charge is 0.243 e. The number of hydrogen-bond acceptors (Lipinski definition) is 4. The number of carbonyl (C=O) groups is 1. The topological polar surface area (TPSA) is 60.8 Å². The third kappa shape index (κ3) is 6.12. The van der Waals surface area contributed by atoms with Crippen molar-refractivity contribution in [2.75, 3.05) is 40.8 Å². The first-order chi connectivity index (χ1) is 9.93. The summed E-state index contributed by atoms with van der Waals surface area (Å²) in [6.45, 7) is 5.82. The molecule has 0 fully saturated rings. The summed E-state index contributed by atoms with van der Waals surface area (Å²) in [6.07, 6.45) is 2.77. The third-order valence-electron chi connectivity index (χ3n) is 2.89. The fraction of sp³-hybridized carbons (Fsp3) is 0.643. The van der Waals surface area contributed by atoms with Crippen LogP contribution in [-0.4, -0.2) is 67.4 Å². The minimum absolute atomic E-state index is 0.00523. The molecular formula is C14H25N5OS. The van der Waals surface area contributed by atoms with E-state index in [0.29, 0.717) is 0 Å². The molecule has 0 aromatic carbocycles. The lowest BCUT2D eigenvalue weighted by molar-refractivity contribution is -0.127. The van der Waals surface area contributed by atoms with Gasteiger partial charge in [0.25, 0.3) is 0 Å². The van der Waals surface area contributed by atoms with Crippen molar-refractivity contribution in [3.63, 3.8) is 0 Å². The van der Waals surface area contributed by atoms with E-state index in [1.54, 1.807) is 30.3 Å². The van der Waals surface area contributed by atoms with Gasteiger partial charge < -0.3 is 15.1 Å². The van der Waals surface area contributed by atoms with E-state index in [1.165, 1.54) is 4.88 Å². The number of rotatable bonds is 6. The van der Waals surface area contributed by atoms with Gasteiger partial charge in [0.1, 0.15) is 6.54 Å². The second kappa shape index (κ2) is 8.61. The molecule has 1 aromatic rings. The summed E-state index contributed by atoms with van der Waals surface area (Å²) in [5.74, 6) is 0.746. The maximum atomic E-state index is 11.6. The van der Waals surface area contributed by atoms with Gasteiger partial charge in [-0.25, -0.2) is 9.98 Å². The molecule has 0 atom stereocenters. The average Bonchev–Trinajstić information content (AvgIpc) is 2.86. The molecule has 1 amide bonds. The number of carbonyl (C=O) groups excluding carboxylic acids is 1. The van der Waals surface area contributed by atoms with Crippen LogP contribution in [-0.2, 0) is 11.2 Å². The summed E-state index contributed by atoms with van der Waals surface area (Å²) in [5, 5.41) is 4.33. The number of nitrogens with one attached hydrogen (secondary N) is 1. The minimum atomic E-state index is -0.00523. The van der Waals surface area contributed by atoms with E-state index >= 15 is 0 Å². The van der Waals surface area contributed by atoms with Gasteiger partial charge in [-0.3, -0.25) is 4.79 Å². The SMILES string of the molecule is CCNC(=NCC(=O)N(C)C)N(C)CCc1ncc(C)s1. The molecule has 0 radical (unpaired) electrons. The lowest BCUT2D eigenvalue weighted by Gasteiger charge is -2.21. The average molecular weight is 311 g/mol. The van der Waals surface area contributed by atoms with Gasteiger partial charge >= 0.3 is 0 Å². The molecule has 6 nitrogen and oxygen atoms in total. The summed E-state index contributed by atoms with van der Waals surface area (Å²) >= 11 is 1.72. The molecule has 1 N–H and O–H groups in total. The van der Waals surface area contributed by atoms with E-state index in [2.05, 4.69) is 22.2 Å². The van der Waals surface area contributed by atoms with E-state index in [9.17, 15) is 4.79 Å². The van der Waals surface area contributed by atoms with Crippen LogP contribution in [0.3, 0.4) is 0 Å². The zero-order valence-electron chi connectivity index (χ0n) is 13.5. The predicted octanol–water partition coefficient (Wildman–Crippen LogP) is 0.980. The Morgan fingerprint density at radius 1 is 1.43 bits per heavy atom. The van der Waals surface area contributed by atoms with Gasteiger partial charge in [-0.15, -0.1) is 11.3 Å². The van der Waals surface area contributed by atoms with E-state index < -0.39 is 0 Å². The van der Waals surface area contributed by atoms with Crippen molar-refractivity contribution >= 4 is 23.2 Å². The Hall–Kier alpha value is -1.63. The van der Waals surface area contributed by atoms with Gasteiger partial charge in [0, 0.05) is 51.7 Å². The molecule has 1 heterocycles. The molecule has 0 aliphatic heterocycles. The van der Waals surface area contributed by atoms with Crippen molar-refractivity contribution in [2.24, 2.45) is 4.99 Å². The molecule has 0 saturated carbocycles. The zero-order valence-corrected chi connectivity index (χ0v) is 14.3. The van der Waals surface area contributed by atoms with Gasteiger partial charge in [0.15, 0.2) is 5.96 Å². The van der Waals surface area contributed by atoms with Crippen molar-refractivity contribution < 1.29 is 4.79 Å². The molecule has 118 valence electrons. The molecule has 0 bridgehead atoms. The van der Waals surface area contributed by atoms with Crippen LogP contribution in [0.5, 0.6) is 0 Å². The van der Waals surface area contributed by atoms with Gasteiger partial charge in [0.2, 0.25) is 5.91 Å². The van der Waals surface area contributed by atoms with Crippen LogP contribution in [0, 0.1) is 6.92 Å². The van der Waals surface area contributed by atoms with Crippen molar-refractivity contribution in [3.8, 4) is 0 Å². The highest BCUT2D eigenvalue weighted by Crippen LogP contribution is 2.11. The van der Waals surface area contributed by atoms with Crippen molar-refractivity contribution in [1.82, 2.24) is 20.1 Å². The number of aryl methyl sites for hydroxylation is 1. The summed E-state index contributed by atoms with van der Waals surface area (Å²) in [4.78, 5) is 25.2. The third-order valence-corrected chi connectivity index (χ3v) is 3.86. The predicted molar refractivity (Wildman–Crippen MR) is 87.9 cm³/mol. The minimum Gasteiger partial charge on any atom is -0.357 e. The van der Waals surface area contributed by atoms with Crippen LogP contribution in [0.15, 0.2) is 11.2 Å². The van der Waals surface area contributed by atoms with Crippen LogP contribution >= 0.6 is 11.3 Å². The molecule has 0 saturated heterocycles. The Balaban J connectivity index is 2.57. The first-order valence-electron chi connectivity index (χ1n) is 7.05. The van der Waals surface area contributed by atoms with Gasteiger partial charge in [0.05, 0.1) is 5.01 Å². The maximum Gasteiger partial charge on any atom is 0.243 e. The second-order valence-corrected chi connectivity index (χ2v) is 6.31. The number of aromatic nitrogens is 1. The second-order valence-electron chi connectivity index (χ2n) is 4.99. The first kappa shape index (κ1) is 17.4. The van der Waals surface area contributed by atoms with Crippen molar-refractivity contribution in [3.05, 3.63) is 16.1 Å². The Kier molecular flexibility index (Phi) is 7.14. The Morgan fingerprint density at radius 2 is 2.14 bits per heavy atom. The van der Waals surface area contributed by atoms with Gasteiger partial charge in [-0.1, -0.05) is 0 Å². The highest BCUT2D eigenvalue weighted by atomic mass is 32.1. The molecule has 0 unspecified atom stereocenters. The largest absolute Gasteiger partial charge is 0.357 e. The van der Waals surface area contributed by atoms with Gasteiger partial charge in [-0.05, 0) is 13.8 Å². The summed E-state index contributed by atoms with van der Waals surface area (Å²) in [6, 6.07) is 0. The first-order valence-corrected chi connectivity index (χ1v) is 7.86. The van der Waals surface area contributed by atoms with Crippen molar-refractivity contribution in [1.29, 1.82) is 0 Å². The number of nitrogens with zero attached hydrogens (tertiary/aromatic N) is 4. The van der Waals surface area contributed by atoms with Crippen LogP contribution in [0.1, 0.15) is 16.8 Å². The Labute approximate surface area is 130 Å². The quantitative estimate of drug-likeness (QED) is 0.628. The molecule has 0 spiro atoms. The van der Waals surface area contributed by atoms with Gasteiger partial charge in [-0.2, -0.15) is 0 Å². The molecular weight excluding hydrogens is 286 g/mol. The number of amides is 1. The number of aliphatic imine (C=N–C) groups is 1. The fourth-order valence-corrected chi connectivity index (χ4v) is 2.42. The highest BCUT2D eigenvalue weighted by Gasteiger charge is 2.09. The van der Waals surface area contributed by atoms with Crippen LogP contribution in [0.2, 0.25) is 0 Å². The standard InChI is InChI=1S/C14H25N5OS/c1-6-15-14(17-10-13(20)18(3)4)19(5)8-7-12-16-9-11(2)21-12/h9H,6-8,10H2,1-5H3,(H,15,17). The lowest BCUT2D eigenvalue weighted by Crippen LogP contribution is -2.40. The van der Waals surface area contributed by atoms with Crippen LogP contribution in [0.25, 0.3) is 0 Å².